The first-order chi connectivity index (χ1) is 9.24. The van der Waals surface area contributed by atoms with Crippen molar-refractivity contribution in [2.75, 3.05) is 18.8 Å². The number of aromatic nitrogens is 1. The van der Waals surface area contributed by atoms with Gasteiger partial charge < -0.3 is 4.90 Å². The van der Waals surface area contributed by atoms with Crippen molar-refractivity contribution in [2.45, 2.75) is 19.6 Å². The number of rotatable bonds is 6. The smallest absolute Gasteiger partial charge is 0.232 e. The SMILES string of the molecule is CCN(CC)C(=O)CSCc1nc2ccccc2s1. The molecule has 0 saturated heterocycles. The van der Waals surface area contributed by atoms with Crippen molar-refractivity contribution < 1.29 is 4.79 Å². The second kappa shape index (κ2) is 6.91. The Morgan fingerprint density at radius 3 is 2.74 bits per heavy atom. The first-order valence-electron chi connectivity index (χ1n) is 6.44. The van der Waals surface area contributed by atoms with Gasteiger partial charge in [0.1, 0.15) is 5.01 Å². The first-order valence-corrected chi connectivity index (χ1v) is 8.41. The van der Waals surface area contributed by atoms with E-state index in [1.165, 1.54) is 4.70 Å². The lowest BCUT2D eigenvalue weighted by molar-refractivity contribution is -0.127. The Hall–Kier alpha value is -1.07. The van der Waals surface area contributed by atoms with E-state index in [1.54, 1.807) is 23.1 Å². The van der Waals surface area contributed by atoms with Crippen LogP contribution in [0.4, 0.5) is 0 Å². The van der Waals surface area contributed by atoms with Crippen LogP contribution in [0.5, 0.6) is 0 Å². The highest BCUT2D eigenvalue weighted by molar-refractivity contribution is 7.99. The molecule has 1 amide bonds. The summed E-state index contributed by atoms with van der Waals surface area (Å²) in [7, 11) is 0. The lowest BCUT2D eigenvalue weighted by atomic mass is 10.3. The quantitative estimate of drug-likeness (QED) is 0.818. The minimum absolute atomic E-state index is 0.219. The van der Waals surface area contributed by atoms with Crippen LogP contribution in [0.1, 0.15) is 18.9 Å². The molecule has 0 radical (unpaired) electrons. The number of thioether (sulfide) groups is 1. The van der Waals surface area contributed by atoms with Gasteiger partial charge in [-0.3, -0.25) is 4.79 Å². The minimum atomic E-state index is 0.219. The van der Waals surface area contributed by atoms with E-state index in [1.807, 2.05) is 36.9 Å². The lowest BCUT2D eigenvalue weighted by Gasteiger charge is -2.17. The standard InChI is InChI=1S/C14H18N2OS2/c1-3-16(4-2)14(17)10-18-9-13-15-11-7-5-6-8-12(11)19-13/h5-8H,3-4,9-10H2,1-2H3. The van der Waals surface area contributed by atoms with Gasteiger partial charge in [-0.25, -0.2) is 4.98 Å². The zero-order valence-electron chi connectivity index (χ0n) is 11.3. The third-order valence-electron chi connectivity index (χ3n) is 2.91. The van der Waals surface area contributed by atoms with Gasteiger partial charge >= 0.3 is 0 Å². The van der Waals surface area contributed by atoms with Crippen LogP contribution >= 0.6 is 23.1 Å². The highest BCUT2D eigenvalue weighted by Gasteiger charge is 2.10. The molecule has 102 valence electrons. The molecule has 0 spiro atoms. The molecule has 0 fully saturated rings. The Bertz CT molecular complexity index is 516. The molecule has 0 atom stereocenters. The predicted octanol–water partition coefficient (Wildman–Crippen LogP) is 3.40. The number of benzene rings is 1. The predicted molar refractivity (Wildman–Crippen MR) is 83.7 cm³/mol. The molecule has 0 aliphatic rings. The summed E-state index contributed by atoms with van der Waals surface area (Å²) in [5.74, 6) is 1.57. The van der Waals surface area contributed by atoms with Gasteiger partial charge in [-0.15, -0.1) is 23.1 Å². The van der Waals surface area contributed by atoms with Crippen LogP contribution in [0, 0.1) is 0 Å². The van der Waals surface area contributed by atoms with Crippen molar-refractivity contribution in [1.82, 2.24) is 9.88 Å². The summed E-state index contributed by atoms with van der Waals surface area (Å²) in [6.45, 7) is 5.60. The zero-order chi connectivity index (χ0) is 13.7. The summed E-state index contributed by atoms with van der Waals surface area (Å²) in [6, 6.07) is 8.15. The Morgan fingerprint density at radius 2 is 2.05 bits per heavy atom. The molecule has 2 aromatic rings. The monoisotopic (exact) mass is 294 g/mol. The molecule has 1 aromatic heterocycles. The lowest BCUT2D eigenvalue weighted by Crippen LogP contribution is -2.31. The van der Waals surface area contributed by atoms with Crippen LogP contribution in [0.25, 0.3) is 10.2 Å². The van der Waals surface area contributed by atoms with Crippen molar-refractivity contribution in [1.29, 1.82) is 0 Å². The number of hydrogen-bond acceptors (Lipinski definition) is 4. The van der Waals surface area contributed by atoms with Crippen molar-refractivity contribution >= 4 is 39.2 Å². The number of nitrogens with zero attached hydrogens (tertiary/aromatic N) is 2. The fourth-order valence-electron chi connectivity index (χ4n) is 1.87. The van der Waals surface area contributed by atoms with Crippen LogP contribution < -0.4 is 0 Å². The van der Waals surface area contributed by atoms with E-state index in [0.29, 0.717) is 5.75 Å². The number of hydrogen-bond donors (Lipinski definition) is 0. The van der Waals surface area contributed by atoms with Gasteiger partial charge in [0.2, 0.25) is 5.91 Å². The van der Waals surface area contributed by atoms with Gasteiger partial charge in [0.25, 0.3) is 0 Å². The maximum absolute atomic E-state index is 11.9. The normalized spacial score (nSPS) is 10.8. The number of amides is 1. The molecular formula is C14H18N2OS2. The van der Waals surface area contributed by atoms with E-state index < -0.39 is 0 Å². The Kier molecular flexibility index (Phi) is 5.22. The Morgan fingerprint density at radius 1 is 1.32 bits per heavy atom. The van der Waals surface area contributed by atoms with E-state index in [2.05, 4.69) is 11.1 Å². The summed E-state index contributed by atoms with van der Waals surface area (Å²) in [5.41, 5.74) is 1.05. The van der Waals surface area contributed by atoms with Gasteiger partial charge in [-0.05, 0) is 26.0 Å². The van der Waals surface area contributed by atoms with E-state index in [9.17, 15) is 4.79 Å². The number of thiazole rings is 1. The zero-order valence-corrected chi connectivity index (χ0v) is 12.9. The topological polar surface area (TPSA) is 33.2 Å². The molecule has 0 aliphatic heterocycles. The average Bonchev–Trinajstić information content (AvgIpc) is 2.82. The van der Waals surface area contributed by atoms with Crippen molar-refractivity contribution in [2.24, 2.45) is 0 Å². The number of para-hydroxylation sites is 1. The molecule has 0 bridgehead atoms. The third-order valence-corrected chi connectivity index (χ3v) is 5.05. The van der Waals surface area contributed by atoms with Crippen molar-refractivity contribution in [3.8, 4) is 0 Å². The van der Waals surface area contributed by atoms with Gasteiger partial charge in [-0.2, -0.15) is 0 Å². The molecule has 3 nitrogen and oxygen atoms in total. The molecular weight excluding hydrogens is 276 g/mol. The molecule has 19 heavy (non-hydrogen) atoms. The summed E-state index contributed by atoms with van der Waals surface area (Å²) in [6.07, 6.45) is 0. The minimum Gasteiger partial charge on any atom is -0.343 e. The Balaban J connectivity index is 1.87. The van der Waals surface area contributed by atoms with E-state index in [4.69, 9.17) is 0 Å². The first kappa shape index (κ1) is 14.3. The maximum Gasteiger partial charge on any atom is 0.232 e. The summed E-state index contributed by atoms with van der Waals surface area (Å²) in [4.78, 5) is 18.3. The molecule has 1 aromatic carbocycles. The molecule has 1 heterocycles. The molecule has 0 unspecified atom stereocenters. The largest absolute Gasteiger partial charge is 0.343 e. The fraction of sp³-hybridized carbons (Fsp3) is 0.429. The van der Waals surface area contributed by atoms with Gasteiger partial charge in [0.15, 0.2) is 0 Å². The van der Waals surface area contributed by atoms with Crippen LogP contribution in [0.2, 0.25) is 0 Å². The summed E-state index contributed by atoms with van der Waals surface area (Å²) >= 11 is 3.36. The molecule has 2 rings (SSSR count). The second-order valence-corrected chi connectivity index (χ2v) is 6.23. The highest BCUT2D eigenvalue weighted by atomic mass is 32.2. The fourth-order valence-corrected chi connectivity index (χ4v) is 3.82. The number of fused-ring (bicyclic) bond motifs is 1. The second-order valence-electron chi connectivity index (χ2n) is 4.13. The van der Waals surface area contributed by atoms with Crippen LogP contribution in [0.15, 0.2) is 24.3 Å². The number of carbonyl (C=O) groups excluding carboxylic acids is 1. The van der Waals surface area contributed by atoms with Gasteiger partial charge in [0, 0.05) is 18.8 Å². The summed E-state index contributed by atoms with van der Waals surface area (Å²) in [5, 5.41) is 1.10. The van der Waals surface area contributed by atoms with Crippen LogP contribution in [-0.2, 0) is 10.5 Å². The molecule has 0 aliphatic carbocycles. The van der Waals surface area contributed by atoms with Gasteiger partial charge in [-0.1, -0.05) is 12.1 Å². The third kappa shape index (κ3) is 3.70. The van der Waals surface area contributed by atoms with Gasteiger partial charge in [0.05, 0.1) is 16.0 Å². The Labute approximate surface area is 122 Å². The van der Waals surface area contributed by atoms with Crippen molar-refractivity contribution in [3.63, 3.8) is 0 Å². The molecule has 5 heteroatoms. The van der Waals surface area contributed by atoms with Crippen LogP contribution in [-0.4, -0.2) is 34.6 Å². The molecule has 0 saturated carbocycles. The van der Waals surface area contributed by atoms with E-state index >= 15 is 0 Å². The molecule has 0 N–H and O–H groups in total. The summed E-state index contributed by atoms with van der Waals surface area (Å²) < 4.78 is 1.22. The van der Waals surface area contributed by atoms with Crippen LogP contribution in [0.3, 0.4) is 0 Å². The van der Waals surface area contributed by atoms with E-state index in [-0.39, 0.29) is 5.91 Å². The maximum atomic E-state index is 11.9. The van der Waals surface area contributed by atoms with Crippen molar-refractivity contribution in [3.05, 3.63) is 29.3 Å². The average molecular weight is 294 g/mol. The number of carbonyl (C=O) groups is 1. The highest BCUT2D eigenvalue weighted by Crippen LogP contribution is 2.24. The van der Waals surface area contributed by atoms with E-state index in [0.717, 1.165) is 29.4 Å².